The highest BCUT2D eigenvalue weighted by molar-refractivity contribution is 6.32. The molecule has 76 valence electrons. The Morgan fingerprint density at radius 1 is 1.43 bits per heavy atom. The van der Waals surface area contributed by atoms with Crippen molar-refractivity contribution in [1.82, 2.24) is 0 Å². The van der Waals surface area contributed by atoms with Gasteiger partial charge in [0.25, 0.3) is 0 Å². The topological polar surface area (TPSA) is 26.3 Å². The van der Waals surface area contributed by atoms with E-state index in [1.54, 1.807) is 24.3 Å². The molecule has 0 aliphatic rings. The zero-order valence-corrected chi connectivity index (χ0v) is 9.04. The fourth-order valence-corrected chi connectivity index (χ4v) is 1.20. The molecule has 14 heavy (non-hydrogen) atoms. The van der Waals surface area contributed by atoms with Crippen molar-refractivity contribution in [2.24, 2.45) is 5.92 Å². The largest absolute Gasteiger partial charge is 0.425 e. The van der Waals surface area contributed by atoms with Gasteiger partial charge in [0.1, 0.15) is 5.75 Å². The van der Waals surface area contributed by atoms with E-state index in [0.717, 1.165) is 0 Å². The summed E-state index contributed by atoms with van der Waals surface area (Å²) in [6.45, 7) is 3.93. The number of para-hydroxylation sites is 1. The van der Waals surface area contributed by atoms with Crippen molar-refractivity contribution in [3.05, 3.63) is 29.3 Å². The van der Waals surface area contributed by atoms with Gasteiger partial charge in [0.2, 0.25) is 0 Å². The molecule has 0 saturated carbocycles. The van der Waals surface area contributed by atoms with Crippen LogP contribution in [-0.2, 0) is 4.79 Å². The second-order valence-electron chi connectivity index (χ2n) is 3.50. The lowest BCUT2D eigenvalue weighted by Crippen LogP contribution is -2.10. The lowest BCUT2D eigenvalue weighted by molar-refractivity contribution is -0.135. The summed E-state index contributed by atoms with van der Waals surface area (Å²) >= 11 is 5.83. The van der Waals surface area contributed by atoms with Crippen LogP contribution in [0.2, 0.25) is 5.02 Å². The molecule has 2 nitrogen and oxygen atoms in total. The fraction of sp³-hybridized carbons (Fsp3) is 0.364. The predicted octanol–water partition coefficient (Wildman–Crippen LogP) is 3.29. The van der Waals surface area contributed by atoms with E-state index in [-0.39, 0.29) is 5.97 Å². The van der Waals surface area contributed by atoms with Crippen LogP contribution in [0.1, 0.15) is 20.3 Å². The molecule has 0 N–H and O–H groups in total. The maximum Gasteiger partial charge on any atom is 0.311 e. The van der Waals surface area contributed by atoms with E-state index >= 15 is 0 Å². The zero-order valence-electron chi connectivity index (χ0n) is 8.29. The van der Waals surface area contributed by atoms with Crippen molar-refractivity contribution in [1.29, 1.82) is 0 Å². The van der Waals surface area contributed by atoms with Crippen LogP contribution >= 0.6 is 11.6 Å². The van der Waals surface area contributed by atoms with Gasteiger partial charge in [-0.1, -0.05) is 37.6 Å². The molecule has 0 heterocycles. The molecule has 0 aromatic heterocycles. The first kappa shape index (κ1) is 11.1. The maximum atomic E-state index is 11.3. The van der Waals surface area contributed by atoms with Crippen molar-refractivity contribution in [2.45, 2.75) is 20.3 Å². The summed E-state index contributed by atoms with van der Waals surface area (Å²) in [6.07, 6.45) is 0.408. The minimum atomic E-state index is -0.242. The summed E-state index contributed by atoms with van der Waals surface area (Å²) < 4.78 is 5.09. The summed E-state index contributed by atoms with van der Waals surface area (Å²) in [7, 11) is 0. The summed E-state index contributed by atoms with van der Waals surface area (Å²) in [5, 5.41) is 0.463. The molecule has 0 atom stereocenters. The smallest absolute Gasteiger partial charge is 0.311 e. The molecule has 3 heteroatoms. The van der Waals surface area contributed by atoms with Crippen LogP contribution in [0.4, 0.5) is 0 Å². The summed E-state index contributed by atoms with van der Waals surface area (Å²) in [5.41, 5.74) is 0. The highest BCUT2D eigenvalue weighted by atomic mass is 35.5. The molecule has 0 spiro atoms. The molecule has 0 aliphatic carbocycles. The molecule has 0 radical (unpaired) electrons. The standard InChI is InChI=1S/C11H13ClO2/c1-8(2)7-11(13)14-10-6-4-3-5-9(10)12/h3-6,8H,7H2,1-2H3. The number of halogens is 1. The van der Waals surface area contributed by atoms with Gasteiger partial charge in [0, 0.05) is 6.42 Å². The van der Waals surface area contributed by atoms with E-state index in [1.165, 1.54) is 0 Å². The minimum Gasteiger partial charge on any atom is -0.425 e. The van der Waals surface area contributed by atoms with Gasteiger partial charge in [-0.25, -0.2) is 0 Å². The number of hydrogen-bond donors (Lipinski definition) is 0. The lowest BCUT2D eigenvalue weighted by Gasteiger charge is -2.06. The first-order valence-electron chi connectivity index (χ1n) is 4.55. The molecule has 1 aromatic rings. The third-order valence-corrected chi connectivity index (χ3v) is 1.95. The molecule has 0 fully saturated rings. The zero-order chi connectivity index (χ0) is 10.6. The molecule has 1 aromatic carbocycles. The Morgan fingerprint density at radius 3 is 2.64 bits per heavy atom. The van der Waals surface area contributed by atoms with E-state index < -0.39 is 0 Å². The third-order valence-electron chi connectivity index (χ3n) is 1.64. The number of esters is 1. The van der Waals surface area contributed by atoms with Crippen molar-refractivity contribution < 1.29 is 9.53 Å². The molecule has 0 bridgehead atoms. The van der Waals surface area contributed by atoms with E-state index in [9.17, 15) is 4.79 Å². The molecule has 0 saturated heterocycles. The molecule has 0 unspecified atom stereocenters. The van der Waals surface area contributed by atoms with Gasteiger partial charge in [-0.3, -0.25) is 4.79 Å². The normalized spacial score (nSPS) is 10.3. The number of carbonyl (C=O) groups is 1. The van der Waals surface area contributed by atoms with Gasteiger partial charge < -0.3 is 4.74 Å². The van der Waals surface area contributed by atoms with Crippen molar-refractivity contribution in [2.75, 3.05) is 0 Å². The minimum absolute atomic E-state index is 0.242. The number of ether oxygens (including phenoxy) is 1. The van der Waals surface area contributed by atoms with Gasteiger partial charge in [-0.15, -0.1) is 0 Å². The van der Waals surface area contributed by atoms with E-state index in [4.69, 9.17) is 16.3 Å². The second kappa shape index (κ2) is 5.01. The van der Waals surface area contributed by atoms with Gasteiger partial charge in [-0.2, -0.15) is 0 Å². The average molecular weight is 213 g/mol. The lowest BCUT2D eigenvalue weighted by atomic mass is 10.1. The van der Waals surface area contributed by atoms with E-state index in [2.05, 4.69) is 0 Å². The van der Waals surface area contributed by atoms with Crippen LogP contribution in [0.15, 0.2) is 24.3 Å². The van der Waals surface area contributed by atoms with Gasteiger partial charge in [-0.05, 0) is 18.1 Å². The Kier molecular flexibility index (Phi) is 3.96. The fourth-order valence-electron chi connectivity index (χ4n) is 1.03. The summed E-state index contributed by atoms with van der Waals surface area (Å²) in [4.78, 5) is 11.3. The van der Waals surface area contributed by atoms with E-state index in [0.29, 0.717) is 23.1 Å². The van der Waals surface area contributed by atoms with Crippen LogP contribution in [0.3, 0.4) is 0 Å². The first-order chi connectivity index (χ1) is 6.59. The summed E-state index contributed by atoms with van der Waals surface area (Å²) in [6, 6.07) is 6.95. The molecule has 0 aliphatic heterocycles. The van der Waals surface area contributed by atoms with Crippen LogP contribution in [-0.4, -0.2) is 5.97 Å². The Balaban J connectivity index is 2.61. The Morgan fingerprint density at radius 2 is 2.07 bits per heavy atom. The highest BCUT2D eigenvalue weighted by Crippen LogP contribution is 2.23. The summed E-state index contributed by atoms with van der Waals surface area (Å²) in [5.74, 6) is 0.484. The van der Waals surface area contributed by atoms with Gasteiger partial charge in [0.15, 0.2) is 0 Å². The van der Waals surface area contributed by atoms with Gasteiger partial charge >= 0.3 is 5.97 Å². The van der Waals surface area contributed by atoms with E-state index in [1.807, 2.05) is 13.8 Å². The Bertz CT molecular complexity index is 321. The van der Waals surface area contributed by atoms with Gasteiger partial charge in [0.05, 0.1) is 5.02 Å². The van der Waals surface area contributed by atoms with Crippen LogP contribution < -0.4 is 4.74 Å². The number of carbonyl (C=O) groups excluding carboxylic acids is 1. The molecule has 0 amide bonds. The maximum absolute atomic E-state index is 11.3. The number of hydrogen-bond acceptors (Lipinski definition) is 2. The van der Waals surface area contributed by atoms with Crippen LogP contribution in [0, 0.1) is 5.92 Å². The van der Waals surface area contributed by atoms with Crippen molar-refractivity contribution in [3.63, 3.8) is 0 Å². The Labute approximate surface area is 88.8 Å². The monoisotopic (exact) mass is 212 g/mol. The number of benzene rings is 1. The first-order valence-corrected chi connectivity index (χ1v) is 4.92. The molecular formula is C11H13ClO2. The van der Waals surface area contributed by atoms with Crippen molar-refractivity contribution >= 4 is 17.6 Å². The quantitative estimate of drug-likeness (QED) is 0.568. The Hall–Kier alpha value is -1.02. The van der Waals surface area contributed by atoms with Crippen molar-refractivity contribution in [3.8, 4) is 5.75 Å². The molecule has 1 rings (SSSR count). The third kappa shape index (κ3) is 3.38. The predicted molar refractivity (Wildman–Crippen MR) is 56.5 cm³/mol. The van der Waals surface area contributed by atoms with Crippen LogP contribution in [0.5, 0.6) is 5.75 Å². The highest BCUT2D eigenvalue weighted by Gasteiger charge is 2.09. The average Bonchev–Trinajstić information content (AvgIpc) is 2.07. The SMILES string of the molecule is CC(C)CC(=O)Oc1ccccc1Cl. The van der Waals surface area contributed by atoms with Crippen LogP contribution in [0.25, 0.3) is 0 Å². The number of rotatable bonds is 3. The molecular weight excluding hydrogens is 200 g/mol. The second-order valence-corrected chi connectivity index (χ2v) is 3.91.